The van der Waals surface area contributed by atoms with Crippen LogP contribution in [0.2, 0.25) is 0 Å². The number of methoxy groups -OCH3 is 1. The Kier molecular flexibility index (Phi) is 3.81. The Morgan fingerprint density at radius 2 is 2.42 bits per heavy atom. The SMILES string of the molecule is COCC(NC(=O)c1c[nH]c(=O)[nH]1)c1ccnn1C. The van der Waals surface area contributed by atoms with Crippen molar-refractivity contribution in [2.24, 2.45) is 7.05 Å². The topological polar surface area (TPSA) is 105 Å². The molecule has 2 aromatic rings. The van der Waals surface area contributed by atoms with E-state index in [1.165, 1.54) is 6.20 Å². The van der Waals surface area contributed by atoms with Crippen molar-refractivity contribution in [2.75, 3.05) is 13.7 Å². The quantitative estimate of drug-likeness (QED) is 0.681. The molecule has 2 rings (SSSR count). The van der Waals surface area contributed by atoms with Gasteiger partial charge in [0.15, 0.2) is 0 Å². The zero-order valence-corrected chi connectivity index (χ0v) is 10.6. The molecule has 1 amide bonds. The number of aromatic nitrogens is 4. The van der Waals surface area contributed by atoms with Crippen LogP contribution in [0.5, 0.6) is 0 Å². The Morgan fingerprint density at radius 1 is 1.63 bits per heavy atom. The van der Waals surface area contributed by atoms with Gasteiger partial charge in [-0.15, -0.1) is 0 Å². The molecule has 0 saturated carbocycles. The normalized spacial score (nSPS) is 12.3. The maximum Gasteiger partial charge on any atom is 0.323 e. The van der Waals surface area contributed by atoms with Crippen LogP contribution in [0, 0.1) is 0 Å². The molecule has 0 aliphatic rings. The molecule has 0 spiro atoms. The second-order valence-electron chi connectivity index (χ2n) is 4.02. The standard InChI is InChI=1S/C11H15N5O3/c1-16-9(3-4-13-16)8(6-19-2)14-10(17)7-5-12-11(18)15-7/h3-5,8H,6H2,1-2H3,(H,14,17)(H2,12,15,18). The highest BCUT2D eigenvalue weighted by molar-refractivity contribution is 5.92. The van der Waals surface area contributed by atoms with Crippen molar-refractivity contribution in [2.45, 2.75) is 6.04 Å². The van der Waals surface area contributed by atoms with E-state index in [1.54, 1.807) is 31.1 Å². The van der Waals surface area contributed by atoms with Gasteiger partial charge in [0.25, 0.3) is 5.91 Å². The lowest BCUT2D eigenvalue weighted by molar-refractivity contribution is 0.0887. The number of carbonyl (C=O) groups is 1. The van der Waals surface area contributed by atoms with Gasteiger partial charge in [-0.2, -0.15) is 5.10 Å². The summed E-state index contributed by atoms with van der Waals surface area (Å²) in [5.74, 6) is -0.387. The molecule has 102 valence electrons. The molecule has 19 heavy (non-hydrogen) atoms. The summed E-state index contributed by atoms with van der Waals surface area (Å²) in [6.07, 6.45) is 2.97. The summed E-state index contributed by atoms with van der Waals surface area (Å²) in [5.41, 5.74) is 0.565. The van der Waals surface area contributed by atoms with E-state index in [2.05, 4.69) is 20.4 Å². The Labute approximate surface area is 108 Å². The van der Waals surface area contributed by atoms with Crippen molar-refractivity contribution in [3.63, 3.8) is 0 Å². The second-order valence-corrected chi connectivity index (χ2v) is 4.02. The predicted molar refractivity (Wildman–Crippen MR) is 66.7 cm³/mol. The lowest BCUT2D eigenvalue weighted by Gasteiger charge is -2.17. The first-order valence-electron chi connectivity index (χ1n) is 5.67. The fraction of sp³-hybridized carbons (Fsp3) is 0.364. The fourth-order valence-electron chi connectivity index (χ4n) is 1.78. The van der Waals surface area contributed by atoms with Crippen LogP contribution >= 0.6 is 0 Å². The molecule has 0 aliphatic heterocycles. The molecule has 3 N–H and O–H groups in total. The highest BCUT2D eigenvalue weighted by atomic mass is 16.5. The molecule has 1 unspecified atom stereocenters. The number of nitrogens with one attached hydrogen (secondary N) is 3. The minimum atomic E-state index is -0.422. The molecule has 8 heteroatoms. The van der Waals surface area contributed by atoms with Gasteiger partial charge in [0.2, 0.25) is 0 Å². The Morgan fingerprint density at radius 3 is 2.95 bits per heavy atom. The molecule has 0 saturated heterocycles. The summed E-state index contributed by atoms with van der Waals surface area (Å²) < 4.78 is 6.75. The van der Waals surface area contributed by atoms with Crippen molar-refractivity contribution in [3.8, 4) is 0 Å². The van der Waals surface area contributed by atoms with E-state index < -0.39 is 5.69 Å². The minimum Gasteiger partial charge on any atom is -0.382 e. The number of aryl methyl sites for hydroxylation is 1. The van der Waals surface area contributed by atoms with Crippen LogP contribution in [0.4, 0.5) is 0 Å². The molecule has 0 aromatic carbocycles. The zero-order chi connectivity index (χ0) is 13.8. The highest BCUT2D eigenvalue weighted by Crippen LogP contribution is 2.12. The first kappa shape index (κ1) is 13.1. The van der Waals surface area contributed by atoms with Crippen LogP contribution in [0.1, 0.15) is 22.2 Å². The van der Waals surface area contributed by atoms with Gasteiger partial charge in [-0.25, -0.2) is 4.79 Å². The molecule has 2 aromatic heterocycles. The third-order valence-corrected chi connectivity index (χ3v) is 2.69. The van der Waals surface area contributed by atoms with Crippen molar-refractivity contribution < 1.29 is 9.53 Å². The van der Waals surface area contributed by atoms with Crippen molar-refractivity contribution >= 4 is 5.91 Å². The van der Waals surface area contributed by atoms with Gasteiger partial charge < -0.3 is 20.0 Å². The first-order chi connectivity index (χ1) is 9.11. The lowest BCUT2D eigenvalue weighted by Crippen LogP contribution is -2.33. The Bertz CT molecular complexity index is 612. The van der Waals surface area contributed by atoms with Crippen molar-refractivity contribution in [1.82, 2.24) is 25.1 Å². The number of ether oxygens (including phenoxy) is 1. The van der Waals surface area contributed by atoms with Crippen LogP contribution < -0.4 is 11.0 Å². The summed E-state index contributed by atoms with van der Waals surface area (Å²) >= 11 is 0. The van der Waals surface area contributed by atoms with E-state index in [0.29, 0.717) is 6.61 Å². The second kappa shape index (κ2) is 5.53. The van der Waals surface area contributed by atoms with Gasteiger partial charge in [-0.3, -0.25) is 9.48 Å². The number of amides is 1. The molecule has 8 nitrogen and oxygen atoms in total. The number of hydrogen-bond donors (Lipinski definition) is 3. The summed E-state index contributed by atoms with van der Waals surface area (Å²) in [6, 6.07) is 1.45. The third kappa shape index (κ3) is 2.91. The van der Waals surface area contributed by atoms with E-state index in [0.717, 1.165) is 5.69 Å². The fourth-order valence-corrected chi connectivity index (χ4v) is 1.78. The number of rotatable bonds is 5. The number of H-pyrrole nitrogens is 2. The van der Waals surface area contributed by atoms with Crippen molar-refractivity contribution in [1.29, 1.82) is 0 Å². The van der Waals surface area contributed by atoms with E-state index in [-0.39, 0.29) is 17.6 Å². The van der Waals surface area contributed by atoms with Gasteiger partial charge >= 0.3 is 5.69 Å². The molecule has 0 fully saturated rings. The van der Waals surface area contributed by atoms with Crippen LogP contribution in [0.15, 0.2) is 23.3 Å². The number of aromatic amines is 2. The average molecular weight is 265 g/mol. The number of carbonyl (C=O) groups excluding carboxylic acids is 1. The predicted octanol–water partition coefficient (Wildman–Crippen LogP) is -0.446. The molecule has 2 heterocycles. The molecule has 0 radical (unpaired) electrons. The Balaban J connectivity index is 2.15. The molecule has 1 atom stereocenters. The Hall–Kier alpha value is -2.35. The van der Waals surface area contributed by atoms with Crippen LogP contribution in [-0.4, -0.2) is 39.4 Å². The summed E-state index contributed by atoms with van der Waals surface area (Å²) in [5, 5.41) is 6.83. The average Bonchev–Trinajstić information content (AvgIpc) is 2.97. The van der Waals surface area contributed by atoms with Crippen LogP contribution in [0.3, 0.4) is 0 Å². The van der Waals surface area contributed by atoms with Gasteiger partial charge in [-0.05, 0) is 6.07 Å². The van der Waals surface area contributed by atoms with E-state index in [4.69, 9.17) is 4.74 Å². The maximum absolute atomic E-state index is 12.0. The monoisotopic (exact) mass is 265 g/mol. The number of nitrogens with zero attached hydrogens (tertiary/aromatic N) is 2. The summed E-state index contributed by atoms with van der Waals surface area (Å²) in [7, 11) is 3.33. The minimum absolute atomic E-state index is 0.174. The molecule has 0 bridgehead atoms. The maximum atomic E-state index is 12.0. The van der Waals surface area contributed by atoms with Crippen molar-refractivity contribution in [3.05, 3.63) is 40.3 Å². The zero-order valence-electron chi connectivity index (χ0n) is 10.6. The molecule has 0 aliphatic carbocycles. The van der Waals surface area contributed by atoms with E-state index in [1.807, 2.05) is 0 Å². The third-order valence-electron chi connectivity index (χ3n) is 2.69. The van der Waals surface area contributed by atoms with Crippen LogP contribution in [-0.2, 0) is 11.8 Å². The van der Waals surface area contributed by atoms with E-state index in [9.17, 15) is 9.59 Å². The number of imidazole rings is 1. The van der Waals surface area contributed by atoms with E-state index >= 15 is 0 Å². The van der Waals surface area contributed by atoms with Gasteiger partial charge in [-0.1, -0.05) is 0 Å². The molecular weight excluding hydrogens is 250 g/mol. The summed E-state index contributed by atoms with van der Waals surface area (Å²) in [6.45, 7) is 0.305. The molecular formula is C11H15N5O3. The largest absolute Gasteiger partial charge is 0.382 e. The van der Waals surface area contributed by atoms with Gasteiger partial charge in [0.05, 0.1) is 18.3 Å². The van der Waals surface area contributed by atoms with Crippen LogP contribution in [0.25, 0.3) is 0 Å². The van der Waals surface area contributed by atoms with Gasteiger partial charge in [0, 0.05) is 26.6 Å². The van der Waals surface area contributed by atoms with Gasteiger partial charge in [0.1, 0.15) is 5.69 Å². The lowest BCUT2D eigenvalue weighted by atomic mass is 10.2. The highest BCUT2D eigenvalue weighted by Gasteiger charge is 2.19. The number of hydrogen-bond acceptors (Lipinski definition) is 4. The summed E-state index contributed by atoms with van der Waals surface area (Å²) in [4.78, 5) is 27.7. The smallest absolute Gasteiger partial charge is 0.323 e. The first-order valence-corrected chi connectivity index (χ1v) is 5.67.